The van der Waals surface area contributed by atoms with E-state index < -0.39 is 0 Å². The lowest BCUT2D eigenvalue weighted by Gasteiger charge is -2.07. The van der Waals surface area contributed by atoms with Crippen LogP contribution in [0.5, 0.6) is 5.75 Å². The van der Waals surface area contributed by atoms with Gasteiger partial charge >= 0.3 is 0 Å². The first-order valence-electron chi connectivity index (χ1n) is 5.28. The number of pyridine rings is 1. The van der Waals surface area contributed by atoms with Crippen molar-refractivity contribution in [1.82, 2.24) is 4.98 Å². The largest absolute Gasteiger partial charge is 0.487 e. The number of rotatable bonds is 4. The Morgan fingerprint density at radius 1 is 1.29 bits per heavy atom. The molecular weight excluding hydrogens is 280 g/mol. The maximum absolute atomic E-state index is 5.67. The second-order valence-corrected chi connectivity index (χ2v) is 4.49. The van der Waals surface area contributed by atoms with Crippen LogP contribution in [0, 0.1) is 0 Å². The van der Waals surface area contributed by atoms with E-state index in [1.54, 1.807) is 12.4 Å². The fourth-order valence-electron chi connectivity index (χ4n) is 1.43. The highest BCUT2D eigenvalue weighted by Gasteiger charge is 1.98. The molecule has 0 unspecified atom stereocenters. The molecule has 1 aromatic carbocycles. The predicted octanol–water partition coefficient (Wildman–Crippen LogP) is 3.46. The van der Waals surface area contributed by atoms with Crippen molar-refractivity contribution in [2.45, 2.75) is 6.61 Å². The molecule has 1 N–H and O–H groups in total. The van der Waals surface area contributed by atoms with E-state index in [4.69, 9.17) is 4.74 Å². The second-order valence-electron chi connectivity index (χ2n) is 3.58. The molecule has 3 nitrogen and oxygen atoms in total. The Balaban J connectivity index is 2.02. The molecular formula is C13H13BrN2O. The highest BCUT2D eigenvalue weighted by Crippen LogP contribution is 2.17. The molecule has 0 radical (unpaired) electrons. The minimum Gasteiger partial charge on any atom is -0.487 e. The number of ether oxygens (including phenoxy) is 1. The summed E-state index contributed by atoms with van der Waals surface area (Å²) in [5, 5.41) is 3.02. The van der Waals surface area contributed by atoms with Gasteiger partial charge in [0.2, 0.25) is 0 Å². The minimum absolute atomic E-state index is 0.536. The van der Waals surface area contributed by atoms with Crippen molar-refractivity contribution in [2.75, 3.05) is 12.4 Å². The van der Waals surface area contributed by atoms with Crippen LogP contribution in [0.3, 0.4) is 0 Å². The number of hydrogen-bond acceptors (Lipinski definition) is 3. The van der Waals surface area contributed by atoms with Crippen LogP contribution < -0.4 is 10.1 Å². The third kappa shape index (κ3) is 3.46. The van der Waals surface area contributed by atoms with Crippen LogP contribution in [0.1, 0.15) is 5.56 Å². The summed E-state index contributed by atoms with van der Waals surface area (Å²) in [6.07, 6.45) is 3.46. The number of benzene rings is 1. The summed E-state index contributed by atoms with van der Waals surface area (Å²) < 4.78 is 6.72. The molecule has 0 spiro atoms. The average Bonchev–Trinajstić information content (AvgIpc) is 2.37. The monoisotopic (exact) mass is 292 g/mol. The van der Waals surface area contributed by atoms with Crippen LogP contribution in [0.4, 0.5) is 5.69 Å². The highest BCUT2D eigenvalue weighted by atomic mass is 79.9. The molecule has 0 saturated heterocycles. The Bertz CT molecular complexity index is 502. The molecule has 17 heavy (non-hydrogen) atoms. The molecule has 1 heterocycles. The summed E-state index contributed by atoms with van der Waals surface area (Å²) in [4.78, 5) is 4.09. The van der Waals surface area contributed by atoms with Crippen LogP contribution >= 0.6 is 15.9 Å². The zero-order valence-corrected chi connectivity index (χ0v) is 11.1. The maximum atomic E-state index is 5.67. The average molecular weight is 293 g/mol. The van der Waals surface area contributed by atoms with E-state index in [1.165, 1.54) is 0 Å². The van der Waals surface area contributed by atoms with E-state index in [0.29, 0.717) is 6.61 Å². The van der Waals surface area contributed by atoms with E-state index >= 15 is 0 Å². The van der Waals surface area contributed by atoms with Crippen LogP contribution in [-0.4, -0.2) is 12.0 Å². The molecule has 0 atom stereocenters. The van der Waals surface area contributed by atoms with E-state index in [2.05, 4.69) is 26.2 Å². The van der Waals surface area contributed by atoms with Crippen molar-refractivity contribution in [1.29, 1.82) is 0 Å². The normalized spacial score (nSPS) is 10.0. The fourth-order valence-corrected chi connectivity index (χ4v) is 1.87. The van der Waals surface area contributed by atoms with Crippen LogP contribution in [0.15, 0.2) is 47.2 Å². The highest BCUT2D eigenvalue weighted by molar-refractivity contribution is 9.10. The fraction of sp³-hybridized carbons (Fsp3) is 0.154. The zero-order valence-electron chi connectivity index (χ0n) is 9.48. The molecule has 0 aliphatic heterocycles. The number of anilines is 1. The van der Waals surface area contributed by atoms with E-state index in [9.17, 15) is 0 Å². The van der Waals surface area contributed by atoms with Crippen molar-refractivity contribution in [2.24, 2.45) is 0 Å². The summed E-state index contributed by atoms with van der Waals surface area (Å²) in [7, 11) is 1.86. The first-order chi connectivity index (χ1) is 8.28. The van der Waals surface area contributed by atoms with Gasteiger partial charge in [-0.25, -0.2) is 0 Å². The Morgan fingerprint density at radius 2 is 2.18 bits per heavy atom. The molecule has 2 aromatic rings. The van der Waals surface area contributed by atoms with Gasteiger partial charge in [-0.15, -0.1) is 0 Å². The summed E-state index contributed by atoms with van der Waals surface area (Å²) >= 11 is 3.43. The zero-order chi connectivity index (χ0) is 12.1. The molecule has 0 aliphatic rings. The topological polar surface area (TPSA) is 34.2 Å². The van der Waals surface area contributed by atoms with E-state index in [1.807, 2.05) is 37.4 Å². The quantitative estimate of drug-likeness (QED) is 0.937. The van der Waals surface area contributed by atoms with Gasteiger partial charge < -0.3 is 10.1 Å². The summed E-state index contributed by atoms with van der Waals surface area (Å²) in [5.74, 6) is 0.761. The van der Waals surface area contributed by atoms with Crippen molar-refractivity contribution in [3.8, 4) is 5.75 Å². The van der Waals surface area contributed by atoms with E-state index in [-0.39, 0.29) is 0 Å². The van der Waals surface area contributed by atoms with Gasteiger partial charge in [-0.05, 0) is 17.7 Å². The smallest absolute Gasteiger partial charge is 0.140 e. The third-order valence-corrected chi connectivity index (χ3v) is 2.79. The van der Waals surface area contributed by atoms with Crippen LogP contribution in [0.2, 0.25) is 0 Å². The number of aromatic nitrogens is 1. The molecule has 0 saturated carbocycles. The van der Waals surface area contributed by atoms with Crippen LogP contribution in [-0.2, 0) is 6.61 Å². The Morgan fingerprint density at radius 3 is 2.94 bits per heavy atom. The van der Waals surface area contributed by atoms with Gasteiger partial charge in [0.25, 0.3) is 0 Å². The molecule has 0 fully saturated rings. The standard InChI is InChI=1S/C13H13BrN2O/c1-15-12-6-13(8-16-7-12)17-9-10-3-2-4-11(14)5-10/h2-8,15H,9H2,1H3. The summed E-state index contributed by atoms with van der Waals surface area (Å²) in [6, 6.07) is 9.97. The predicted molar refractivity (Wildman–Crippen MR) is 72.3 cm³/mol. The number of halogens is 1. The molecule has 0 bridgehead atoms. The van der Waals surface area contributed by atoms with Gasteiger partial charge in [0.1, 0.15) is 12.4 Å². The van der Waals surface area contributed by atoms with Crippen molar-refractivity contribution in [3.63, 3.8) is 0 Å². The Labute approximate surface area is 109 Å². The lowest BCUT2D eigenvalue weighted by Crippen LogP contribution is -1.97. The first kappa shape index (κ1) is 11.9. The Kier molecular flexibility index (Phi) is 3.98. The van der Waals surface area contributed by atoms with Crippen molar-refractivity contribution < 1.29 is 4.74 Å². The third-order valence-electron chi connectivity index (χ3n) is 2.30. The molecule has 4 heteroatoms. The maximum Gasteiger partial charge on any atom is 0.140 e. The number of nitrogens with one attached hydrogen (secondary N) is 1. The van der Waals surface area contributed by atoms with Gasteiger partial charge in [-0.2, -0.15) is 0 Å². The first-order valence-corrected chi connectivity index (χ1v) is 6.07. The molecule has 0 amide bonds. The lowest BCUT2D eigenvalue weighted by atomic mass is 10.2. The summed E-state index contributed by atoms with van der Waals surface area (Å²) in [5.41, 5.74) is 2.06. The van der Waals surface area contributed by atoms with Crippen molar-refractivity contribution in [3.05, 3.63) is 52.8 Å². The van der Waals surface area contributed by atoms with Gasteiger partial charge in [0, 0.05) is 17.6 Å². The Hall–Kier alpha value is -1.55. The molecule has 2 rings (SSSR count). The van der Waals surface area contributed by atoms with Crippen molar-refractivity contribution >= 4 is 21.6 Å². The summed E-state index contributed by atoms with van der Waals surface area (Å²) in [6.45, 7) is 0.536. The van der Waals surface area contributed by atoms with Gasteiger partial charge in [0.15, 0.2) is 0 Å². The SMILES string of the molecule is CNc1cncc(OCc2cccc(Br)c2)c1. The molecule has 1 aromatic heterocycles. The van der Waals surface area contributed by atoms with Gasteiger partial charge in [-0.1, -0.05) is 28.1 Å². The minimum atomic E-state index is 0.536. The molecule has 88 valence electrons. The van der Waals surface area contributed by atoms with Crippen LogP contribution in [0.25, 0.3) is 0 Å². The van der Waals surface area contributed by atoms with Gasteiger partial charge in [-0.3, -0.25) is 4.98 Å². The molecule has 0 aliphatic carbocycles. The lowest BCUT2D eigenvalue weighted by molar-refractivity contribution is 0.305. The second kappa shape index (κ2) is 5.68. The van der Waals surface area contributed by atoms with E-state index in [0.717, 1.165) is 21.5 Å². The number of hydrogen-bond donors (Lipinski definition) is 1. The number of nitrogens with zero attached hydrogens (tertiary/aromatic N) is 1. The van der Waals surface area contributed by atoms with Gasteiger partial charge in [0.05, 0.1) is 18.1 Å².